The van der Waals surface area contributed by atoms with Crippen molar-refractivity contribution in [3.05, 3.63) is 67.3 Å². The number of carbonyl (C=O) groups excluding carboxylic acids is 1. The standard InChI is InChI=1S/C19H15F3N4O6/c1-8(10-4-11(19(20,21)22)6-12(5-10)26(29)30)23-15-13-7-14(17(27)31-3)18(28)32-16(13)25-9(2)24-15/h4-8H,1-3H3,(H,23,24,25)/t8-/m1/s1. The lowest BCUT2D eigenvalue weighted by atomic mass is 10.0. The van der Waals surface area contributed by atoms with Gasteiger partial charge in [-0.3, -0.25) is 10.1 Å². The minimum atomic E-state index is -4.79. The van der Waals surface area contributed by atoms with Gasteiger partial charge in [0.15, 0.2) is 0 Å². The Kier molecular flexibility index (Phi) is 5.84. The lowest BCUT2D eigenvalue weighted by Gasteiger charge is -2.18. The van der Waals surface area contributed by atoms with Gasteiger partial charge in [0.1, 0.15) is 17.2 Å². The number of nitro groups is 1. The Balaban J connectivity index is 2.11. The molecule has 0 unspecified atom stereocenters. The Morgan fingerprint density at radius 1 is 1.25 bits per heavy atom. The Bertz CT molecular complexity index is 1290. The highest BCUT2D eigenvalue weighted by Crippen LogP contribution is 2.35. The number of nitro benzene ring substituents is 1. The normalized spacial score (nSPS) is 12.4. The summed E-state index contributed by atoms with van der Waals surface area (Å²) in [5, 5.41) is 14.0. The molecule has 0 fully saturated rings. The first kappa shape index (κ1) is 22.7. The fraction of sp³-hybridized carbons (Fsp3) is 0.263. The number of anilines is 1. The second-order valence-corrected chi connectivity index (χ2v) is 6.71. The SMILES string of the molecule is COC(=O)c1cc2c(N[C@H](C)c3cc([N+](=O)[O-])cc(C(F)(F)F)c3)nc(C)nc2oc1=O. The second kappa shape index (κ2) is 8.24. The maximum atomic E-state index is 13.2. The van der Waals surface area contributed by atoms with Gasteiger partial charge in [-0.2, -0.15) is 18.2 Å². The molecule has 0 amide bonds. The average Bonchev–Trinajstić information content (AvgIpc) is 2.71. The molecule has 1 atom stereocenters. The van der Waals surface area contributed by atoms with Crippen molar-refractivity contribution in [1.82, 2.24) is 9.97 Å². The molecule has 0 aliphatic heterocycles. The monoisotopic (exact) mass is 452 g/mol. The number of ether oxygens (including phenoxy) is 1. The predicted molar refractivity (Wildman–Crippen MR) is 104 cm³/mol. The summed E-state index contributed by atoms with van der Waals surface area (Å²) in [5.74, 6) is -0.765. The number of non-ortho nitro benzene ring substituents is 1. The van der Waals surface area contributed by atoms with E-state index in [1.807, 2.05) is 0 Å². The molecule has 0 saturated heterocycles. The molecule has 3 aromatic rings. The Hall–Kier alpha value is -4.03. The van der Waals surface area contributed by atoms with Crippen LogP contribution in [0.4, 0.5) is 24.7 Å². The molecule has 2 aromatic heterocycles. The van der Waals surface area contributed by atoms with E-state index in [9.17, 15) is 32.9 Å². The molecule has 1 N–H and O–H groups in total. The summed E-state index contributed by atoms with van der Waals surface area (Å²) in [6.07, 6.45) is -4.79. The van der Waals surface area contributed by atoms with Gasteiger partial charge in [0.2, 0.25) is 5.71 Å². The van der Waals surface area contributed by atoms with Crippen LogP contribution in [0, 0.1) is 17.0 Å². The zero-order chi connectivity index (χ0) is 23.8. The first-order valence-corrected chi connectivity index (χ1v) is 8.94. The number of aryl methyl sites for hydroxylation is 1. The number of aromatic nitrogens is 2. The van der Waals surface area contributed by atoms with Crippen LogP contribution in [0.3, 0.4) is 0 Å². The molecule has 1 aromatic carbocycles. The quantitative estimate of drug-likeness (QED) is 0.348. The molecular weight excluding hydrogens is 437 g/mol. The predicted octanol–water partition coefficient (Wildman–Crippen LogP) is 3.78. The maximum Gasteiger partial charge on any atom is 0.416 e. The minimum Gasteiger partial charge on any atom is -0.465 e. The van der Waals surface area contributed by atoms with Gasteiger partial charge in [-0.25, -0.2) is 14.6 Å². The number of rotatable bonds is 5. The van der Waals surface area contributed by atoms with E-state index in [2.05, 4.69) is 20.0 Å². The molecule has 10 nitrogen and oxygen atoms in total. The number of alkyl halides is 3. The third-order valence-electron chi connectivity index (χ3n) is 4.46. The van der Waals surface area contributed by atoms with E-state index in [0.29, 0.717) is 6.07 Å². The number of halogens is 3. The summed E-state index contributed by atoms with van der Waals surface area (Å²) < 4.78 is 49.2. The van der Waals surface area contributed by atoms with Gasteiger partial charge in [0.05, 0.1) is 29.0 Å². The van der Waals surface area contributed by atoms with Crippen molar-refractivity contribution in [2.24, 2.45) is 0 Å². The maximum absolute atomic E-state index is 13.2. The van der Waals surface area contributed by atoms with E-state index in [4.69, 9.17) is 4.42 Å². The van der Waals surface area contributed by atoms with Crippen LogP contribution in [0.2, 0.25) is 0 Å². The molecule has 0 radical (unpaired) electrons. The zero-order valence-corrected chi connectivity index (χ0v) is 16.8. The van der Waals surface area contributed by atoms with Crippen LogP contribution in [-0.2, 0) is 10.9 Å². The van der Waals surface area contributed by atoms with Crippen LogP contribution >= 0.6 is 0 Å². The van der Waals surface area contributed by atoms with Crippen molar-refractivity contribution in [3.63, 3.8) is 0 Å². The van der Waals surface area contributed by atoms with Crippen molar-refractivity contribution >= 4 is 28.6 Å². The molecule has 0 saturated carbocycles. The summed E-state index contributed by atoms with van der Waals surface area (Å²) in [6, 6.07) is 2.46. The van der Waals surface area contributed by atoms with Gasteiger partial charge in [0, 0.05) is 12.1 Å². The van der Waals surface area contributed by atoms with Gasteiger partial charge in [-0.1, -0.05) is 0 Å². The summed E-state index contributed by atoms with van der Waals surface area (Å²) >= 11 is 0. The van der Waals surface area contributed by atoms with Crippen molar-refractivity contribution in [2.45, 2.75) is 26.1 Å². The largest absolute Gasteiger partial charge is 0.465 e. The third kappa shape index (κ3) is 4.50. The summed E-state index contributed by atoms with van der Waals surface area (Å²) in [7, 11) is 1.07. The van der Waals surface area contributed by atoms with Crippen molar-refractivity contribution in [3.8, 4) is 0 Å². The van der Waals surface area contributed by atoms with E-state index in [-0.39, 0.29) is 28.3 Å². The first-order valence-electron chi connectivity index (χ1n) is 8.94. The summed E-state index contributed by atoms with van der Waals surface area (Å²) in [5.41, 5.74) is -3.54. The van der Waals surface area contributed by atoms with Gasteiger partial charge in [-0.05, 0) is 31.5 Å². The highest BCUT2D eigenvalue weighted by Gasteiger charge is 2.33. The number of methoxy groups -OCH3 is 1. The zero-order valence-electron chi connectivity index (χ0n) is 16.8. The molecule has 0 aliphatic rings. The van der Waals surface area contributed by atoms with E-state index >= 15 is 0 Å². The minimum absolute atomic E-state index is 0.0361. The van der Waals surface area contributed by atoms with Gasteiger partial charge < -0.3 is 14.5 Å². The fourth-order valence-electron chi connectivity index (χ4n) is 2.91. The molecule has 2 heterocycles. The van der Waals surface area contributed by atoms with E-state index in [0.717, 1.165) is 25.3 Å². The number of nitrogens with one attached hydrogen (secondary N) is 1. The highest BCUT2D eigenvalue weighted by atomic mass is 19.4. The molecule has 0 spiro atoms. The number of esters is 1. The molecular formula is C19H15F3N4O6. The van der Waals surface area contributed by atoms with Crippen LogP contribution in [0.1, 0.15) is 40.3 Å². The van der Waals surface area contributed by atoms with Crippen molar-refractivity contribution in [2.75, 3.05) is 12.4 Å². The molecule has 168 valence electrons. The Labute approximate surface area is 177 Å². The van der Waals surface area contributed by atoms with Crippen LogP contribution in [0.25, 0.3) is 11.1 Å². The average molecular weight is 452 g/mol. The molecule has 13 heteroatoms. The fourth-order valence-corrected chi connectivity index (χ4v) is 2.91. The smallest absolute Gasteiger partial charge is 0.416 e. The molecule has 3 rings (SSSR count). The number of fused-ring (bicyclic) bond motifs is 1. The first-order chi connectivity index (χ1) is 14.9. The number of nitrogens with zero attached hydrogens (tertiary/aromatic N) is 3. The van der Waals surface area contributed by atoms with Gasteiger partial charge in [0.25, 0.3) is 5.69 Å². The number of carbonyl (C=O) groups is 1. The summed E-state index contributed by atoms with van der Waals surface area (Å²) in [6.45, 7) is 2.95. The number of benzene rings is 1. The van der Waals surface area contributed by atoms with Crippen LogP contribution in [0.5, 0.6) is 0 Å². The van der Waals surface area contributed by atoms with Crippen molar-refractivity contribution < 1.29 is 32.0 Å². The molecule has 32 heavy (non-hydrogen) atoms. The van der Waals surface area contributed by atoms with Crippen molar-refractivity contribution in [1.29, 1.82) is 0 Å². The Morgan fingerprint density at radius 2 is 1.94 bits per heavy atom. The molecule has 0 bridgehead atoms. The van der Waals surface area contributed by atoms with E-state index in [1.165, 1.54) is 13.8 Å². The van der Waals surface area contributed by atoms with Gasteiger partial charge >= 0.3 is 17.8 Å². The second-order valence-electron chi connectivity index (χ2n) is 6.71. The Morgan fingerprint density at radius 3 is 2.53 bits per heavy atom. The third-order valence-corrected chi connectivity index (χ3v) is 4.46. The topological polar surface area (TPSA) is 137 Å². The van der Waals surface area contributed by atoms with Crippen LogP contribution in [0.15, 0.2) is 33.5 Å². The van der Waals surface area contributed by atoms with E-state index in [1.54, 1.807) is 0 Å². The number of hydrogen-bond acceptors (Lipinski definition) is 9. The van der Waals surface area contributed by atoms with Crippen LogP contribution < -0.4 is 10.9 Å². The lowest BCUT2D eigenvalue weighted by molar-refractivity contribution is -0.385. The van der Waals surface area contributed by atoms with Gasteiger partial charge in [-0.15, -0.1) is 0 Å². The molecule has 0 aliphatic carbocycles. The lowest BCUT2D eigenvalue weighted by Crippen LogP contribution is -2.17. The number of hydrogen-bond donors (Lipinski definition) is 1. The van der Waals surface area contributed by atoms with E-state index < -0.39 is 45.6 Å². The van der Waals surface area contributed by atoms with Crippen LogP contribution in [-0.4, -0.2) is 28.0 Å². The highest BCUT2D eigenvalue weighted by molar-refractivity contribution is 5.95. The summed E-state index contributed by atoms with van der Waals surface area (Å²) in [4.78, 5) is 42.2.